The molecule has 0 spiro atoms. The maximum Gasteiger partial charge on any atom is 0.264 e. The van der Waals surface area contributed by atoms with Crippen LogP contribution < -0.4 is 9.04 Å². The highest BCUT2D eigenvalue weighted by molar-refractivity contribution is 7.92. The van der Waals surface area contributed by atoms with Gasteiger partial charge in [-0.1, -0.05) is 24.3 Å². The summed E-state index contributed by atoms with van der Waals surface area (Å²) in [5.41, 5.74) is 1.92. The molecule has 0 saturated carbocycles. The van der Waals surface area contributed by atoms with Crippen LogP contribution in [-0.4, -0.2) is 39.9 Å². The van der Waals surface area contributed by atoms with Crippen molar-refractivity contribution < 1.29 is 17.9 Å². The molecule has 4 rings (SSSR count). The van der Waals surface area contributed by atoms with Crippen molar-refractivity contribution in [1.82, 2.24) is 4.90 Å². The van der Waals surface area contributed by atoms with Crippen LogP contribution >= 0.6 is 11.3 Å². The number of amides is 1. The van der Waals surface area contributed by atoms with Crippen LogP contribution in [0.2, 0.25) is 0 Å². The Kier molecular flexibility index (Phi) is 5.53. The third-order valence-electron chi connectivity index (χ3n) is 5.15. The van der Waals surface area contributed by atoms with Crippen molar-refractivity contribution in [2.45, 2.75) is 17.9 Å². The molecule has 0 N–H and O–H groups in total. The number of nitrogens with zero attached hydrogens (tertiary/aromatic N) is 2. The summed E-state index contributed by atoms with van der Waals surface area (Å²) >= 11 is 1.56. The molecule has 1 amide bonds. The molecular weight excluding hydrogens is 420 g/mol. The predicted octanol–water partition coefficient (Wildman–Crippen LogP) is 3.78. The number of rotatable bonds is 6. The summed E-state index contributed by atoms with van der Waals surface area (Å²) in [6, 6.07) is 15.8. The molecule has 1 aliphatic rings. The van der Waals surface area contributed by atoms with E-state index in [1.807, 2.05) is 41.8 Å². The number of carbonyl (C=O) groups is 1. The maximum absolute atomic E-state index is 13.4. The number of para-hydroxylation sites is 1. The predicted molar refractivity (Wildman–Crippen MR) is 118 cm³/mol. The SMILES string of the molecule is COc1ccc(S(=O)(=O)N2CCc3ccccc32)cc1C(=O)N(C)Cc1cccs1. The number of fused-ring (bicyclic) bond motifs is 1. The Morgan fingerprint density at radius 3 is 2.70 bits per heavy atom. The zero-order valence-corrected chi connectivity index (χ0v) is 18.4. The number of sulfonamides is 1. The van der Waals surface area contributed by atoms with Gasteiger partial charge in [0.05, 0.1) is 29.8 Å². The number of hydrogen-bond donors (Lipinski definition) is 0. The minimum atomic E-state index is -3.80. The highest BCUT2D eigenvalue weighted by Crippen LogP contribution is 2.34. The van der Waals surface area contributed by atoms with Gasteiger partial charge in [0.25, 0.3) is 15.9 Å². The zero-order valence-electron chi connectivity index (χ0n) is 16.7. The quantitative estimate of drug-likeness (QED) is 0.583. The smallest absolute Gasteiger partial charge is 0.264 e. The van der Waals surface area contributed by atoms with Crippen molar-refractivity contribution in [2.24, 2.45) is 0 Å². The molecule has 6 nitrogen and oxygen atoms in total. The van der Waals surface area contributed by atoms with E-state index in [0.717, 1.165) is 10.4 Å². The first-order valence-corrected chi connectivity index (χ1v) is 11.8. The molecular formula is C22H22N2O4S2. The molecule has 0 bridgehead atoms. The van der Waals surface area contributed by atoms with Crippen LogP contribution in [0.1, 0.15) is 20.8 Å². The molecule has 0 radical (unpaired) electrons. The Bertz CT molecular complexity index is 1170. The monoisotopic (exact) mass is 442 g/mol. The van der Waals surface area contributed by atoms with E-state index >= 15 is 0 Å². The van der Waals surface area contributed by atoms with Crippen LogP contribution in [0.3, 0.4) is 0 Å². The maximum atomic E-state index is 13.4. The van der Waals surface area contributed by atoms with Crippen molar-refractivity contribution in [3.05, 3.63) is 76.0 Å². The molecule has 2 heterocycles. The van der Waals surface area contributed by atoms with Gasteiger partial charge in [-0.25, -0.2) is 8.42 Å². The summed E-state index contributed by atoms with van der Waals surface area (Å²) in [4.78, 5) is 15.8. The number of methoxy groups -OCH3 is 1. The first-order chi connectivity index (χ1) is 14.4. The molecule has 0 aliphatic carbocycles. The number of ether oxygens (including phenoxy) is 1. The summed E-state index contributed by atoms with van der Waals surface area (Å²) < 4.78 is 33.5. The van der Waals surface area contributed by atoms with Crippen molar-refractivity contribution in [3.63, 3.8) is 0 Å². The topological polar surface area (TPSA) is 66.9 Å². The molecule has 1 aliphatic heterocycles. The Hall–Kier alpha value is -2.84. The summed E-state index contributed by atoms with van der Waals surface area (Å²) in [5, 5.41) is 1.95. The van der Waals surface area contributed by atoms with Gasteiger partial charge in [0.2, 0.25) is 0 Å². The summed E-state index contributed by atoms with van der Waals surface area (Å²) in [6.07, 6.45) is 0.668. The van der Waals surface area contributed by atoms with E-state index in [0.29, 0.717) is 30.9 Å². The van der Waals surface area contributed by atoms with Gasteiger partial charge in [0, 0.05) is 18.5 Å². The molecule has 0 saturated heterocycles. The van der Waals surface area contributed by atoms with Crippen molar-refractivity contribution >= 4 is 33.0 Å². The van der Waals surface area contributed by atoms with Crippen LogP contribution in [0.15, 0.2) is 64.9 Å². The number of hydrogen-bond acceptors (Lipinski definition) is 5. The Balaban J connectivity index is 1.68. The summed E-state index contributed by atoms with van der Waals surface area (Å²) in [7, 11) is -0.637. The lowest BCUT2D eigenvalue weighted by Gasteiger charge is -2.22. The fourth-order valence-electron chi connectivity index (χ4n) is 3.61. The molecule has 30 heavy (non-hydrogen) atoms. The van der Waals surface area contributed by atoms with Gasteiger partial charge < -0.3 is 9.64 Å². The first kappa shape index (κ1) is 20.4. The van der Waals surface area contributed by atoms with Crippen LogP contribution in [-0.2, 0) is 23.0 Å². The average molecular weight is 443 g/mol. The Morgan fingerprint density at radius 2 is 1.97 bits per heavy atom. The molecule has 156 valence electrons. The molecule has 0 atom stereocenters. The second kappa shape index (κ2) is 8.12. The third kappa shape index (κ3) is 3.68. The third-order valence-corrected chi connectivity index (χ3v) is 7.82. The van der Waals surface area contributed by atoms with Crippen LogP contribution in [0.25, 0.3) is 0 Å². The standard InChI is InChI=1S/C22H22N2O4S2/c1-23(15-17-7-5-13-29-17)22(25)19-14-18(9-10-21(19)28-2)30(26,27)24-12-11-16-6-3-4-8-20(16)24/h3-10,13-14H,11-12,15H2,1-2H3. The average Bonchev–Trinajstić information content (AvgIpc) is 3.42. The van der Waals surface area contributed by atoms with E-state index in [2.05, 4.69) is 0 Å². The molecule has 2 aromatic carbocycles. The second-order valence-electron chi connectivity index (χ2n) is 7.06. The normalized spacial score (nSPS) is 13.2. The molecule has 0 unspecified atom stereocenters. The zero-order chi connectivity index (χ0) is 21.3. The molecule has 8 heteroatoms. The minimum Gasteiger partial charge on any atom is -0.496 e. The number of anilines is 1. The Morgan fingerprint density at radius 1 is 1.17 bits per heavy atom. The second-order valence-corrected chi connectivity index (χ2v) is 9.95. The van der Waals surface area contributed by atoms with Gasteiger partial charge in [-0.05, 0) is 47.7 Å². The van der Waals surface area contributed by atoms with Gasteiger partial charge >= 0.3 is 0 Å². The first-order valence-electron chi connectivity index (χ1n) is 9.48. The Labute approximate surface area is 180 Å². The van der Waals surface area contributed by atoms with E-state index in [4.69, 9.17) is 4.74 Å². The number of thiophene rings is 1. The fourth-order valence-corrected chi connectivity index (χ4v) is 5.90. The van der Waals surface area contributed by atoms with E-state index in [-0.39, 0.29) is 16.4 Å². The van der Waals surface area contributed by atoms with Gasteiger partial charge in [0.1, 0.15) is 5.75 Å². The van der Waals surface area contributed by atoms with Crippen molar-refractivity contribution in [2.75, 3.05) is 25.0 Å². The van der Waals surface area contributed by atoms with Gasteiger partial charge in [-0.2, -0.15) is 0 Å². The van der Waals surface area contributed by atoms with Crippen LogP contribution in [0.5, 0.6) is 5.75 Å². The lowest BCUT2D eigenvalue weighted by atomic mass is 10.1. The number of benzene rings is 2. The lowest BCUT2D eigenvalue weighted by Crippen LogP contribution is -2.30. The molecule has 1 aromatic heterocycles. The molecule has 0 fully saturated rings. The van der Waals surface area contributed by atoms with Gasteiger partial charge in [-0.3, -0.25) is 9.10 Å². The van der Waals surface area contributed by atoms with Crippen molar-refractivity contribution in [3.8, 4) is 5.75 Å². The van der Waals surface area contributed by atoms with E-state index in [1.54, 1.807) is 29.4 Å². The minimum absolute atomic E-state index is 0.0767. The van der Waals surface area contributed by atoms with Crippen LogP contribution in [0, 0.1) is 0 Å². The van der Waals surface area contributed by atoms with Crippen LogP contribution in [0.4, 0.5) is 5.69 Å². The van der Waals surface area contributed by atoms with E-state index in [9.17, 15) is 13.2 Å². The van der Waals surface area contributed by atoms with E-state index in [1.165, 1.54) is 23.5 Å². The van der Waals surface area contributed by atoms with E-state index < -0.39 is 10.0 Å². The lowest BCUT2D eigenvalue weighted by molar-refractivity contribution is 0.0783. The fraction of sp³-hybridized carbons (Fsp3) is 0.227. The number of carbonyl (C=O) groups excluding carboxylic acids is 1. The largest absolute Gasteiger partial charge is 0.496 e. The molecule has 3 aromatic rings. The summed E-state index contributed by atoms with van der Waals surface area (Å²) in [6.45, 7) is 0.825. The highest BCUT2D eigenvalue weighted by Gasteiger charge is 2.32. The summed E-state index contributed by atoms with van der Waals surface area (Å²) in [5.74, 6) is 0.0536. The highest BCUT2D eigenvalue weighted by atomic mass is 32.2. The van der Waals surface area contributed by atoms with Gasteiger partial charge in [-0.15, -0.1) is 11.3 Å². The van der Waals surface area contributed by atoms with Gasteiger partial charge in [0.15, 0.2) is 0 Å². The van der Waals surface area contributed by atoms with Crippen molar-refractivity contribution in [1.29, 1.82) is 0 Å².